The van der Waals surface area contributed by atoms with Crippen molar-refractivity contribution in [2.75, 3.05) is 13.2 Å². The van der Waals surface area contributed by atoms with Crippen molar-refractivity contribution in [2.45, 2.75) is 20.3 Å². The molecular weight excluding hydrogens is 226 g/mol. The van der Waals surface area contributed by atoms with Crippen molar-refractivity contribution < 1.29 is 4.74 Å². The Bertz CT molecular complexity index is 502. The molecule has 1 heterocycles. The van der Waals surface area contributed by atoms with Crippen molar-refractivity contribution in [3.8, 4) is 11.4 Å². The van der Waals surface area contributed by atoms with Crippen LogP contribution in [0, 0.1) is 6.92 Å². The van der Waals surface area contributed by atoms with Gasteiger partial charge in [0.15, 0.2) is 0 Å². The number of benzene rings is 1. The summed E-state index contributed by atoms with van der Waals surface area (Å²) < 4.78 is 7.36. The number of hydrogen-bond donors (Lipinski definition) is 1. The Morgan fingerprint density at radius 2 is 2.00 bits per heavy atom. The average molecular weight is 245 g/mol. The first-order valence-electron chi connectivity index (χ1n) is 6.23. The summed E-state index contributed by atoms with van der Waals surface area (Å²) in [7, 11) is 0. The number of ether oxygens (including phenoxy) is 1. The van der Waals surface area contributed by atoms with E-state index in [0.29, 0.717) is 13.2 Å². The Hall–Kier alpha value is -1.81. The van der Waals surface area contributed by atoms with Crippen LogP contribution in [0.4, 0.5) is 0 Å². The van der Waals surface area contributed by atoms with Crippen LogP contribution in [-0.4, -0.2) is 22.9 Å². The molecule has 0 aliphatic rings. The lowest BCUT2D eigenvalue weighted by atomic mass is 10.2. The van der Waals surface area contributed by atoms with Gasteiger partial charge in [-0.3, -0.25) is 0 Å². The van der Waals surface area contributed by atoms with E-state index in [1.54, 1.807) is 0 Å². The molecule has 0 aliphatic carbocycles. The number of hydrogen-bond acceptors (Lipinski definition) is 3. The fraction of sp³-hybridized carbons (Fsp3) is 0.357. The van der Waals surface area contributed by atoms with Crippen LogP contribution in [0.3, 0.4) is 0 Å². The zero-order valence-electron chi connectivity index (χ0n) is 10.9. The highest BCUT2D eigenvalue weighted by atomic mass is 16.5. The molecule has 0 radical (unpaired) electrons. The maximum absolute atomic E-state index is 5.58. The molecule has 0 fully saturated rings. The third-order valence-electron chi connectivity index (χ3n) is 2.92. The van der Waals surface area contributed by atoms with Crippen LogP contribution in [0.25, 0.3) is 5.69 Å². The summed E-state index contributed by atoms with van der Waals surface area (Å²) in [6.45, 7) is 5.37. The van der Waals surface area contributed by atoms with Gasteiger partial charge < -0.3 is 10.5 Å². The molecule has 1 aromatic heterocycles. The quantitative estimate of drug-likeness (QED) is 0.877. The highest BCUT2D eigenvalue weighted by Gasteiger charge is 2.07. The lowest BCUT2D eigenvalue weighted by molar-refractivity contribution is 0.340. The third-order valence-corrected chi connectivity index (χ3v) is 2.92. The first kappa shape index (κ1) is 12.6. The fourth-order valence-electron chi connectivity index (χ4n) is 1.95. The van der Waals surface area contributed by atoms with Gasteiger partial charge in [-0.25, -0.2) is 4.68 Å². The van der Waals surface area contributed by atoms with Crippen LogP contribution in [0.5, 0.6) is 5.75 Å². The molecule has 2 rings (SSSR count). The van der Waals surface area contributed by atoms with Crippen LogP contribution in [0.2, 0.25) is 0 Å². The Morgan fingerprint density at radius 3 is 2.61 bits per heavy atom. The summed E-state index contributed by atoms with van der Waals surface area (Å²) >= 11 is 0. The van der Waals surface area contributed by atoms with E-state index in [1.807, 2.05) is 42.1 Å². The molecule has 0 bridgehead atoms. The van der Waals surface area contributed by atoms with Crippen molar-refractivity contribution in [3.05, 3.63) is 41.7 Å². The van der Waals surface area contributed by atoms with E-state index in [-0.39, 0.29) is 0 Å². The minimum absolute atomic E-state index is 0.649. The minimum Gasteiger partial charge on any atom is -0.494 e. The highest BCUT2D eigenvalue weighted by molar-refractivity contribution is 5.39. The highest BCUT2D eigenvalue weighted by Crippen LogP contribution is 2.18. The molecule has 0 amide bonds. The zero-order valence-corrected chi connectivity index (χ0v) is 10.9. The van der Waals surface area contributed by atoms with Gasteiger partial charge >= 0.3 is 0 Å². The molecule has 18 heavy (non-hydrogen) atoms. The molecule has 0 atom stereocenters. The molecular formula is C14H19N3O. The van der Waals surface area contributed by atoms with Gasteiger partial charge in [-0.2, -0.15) is 5.10 Å². The molecule has 0 saturated heterocycles. The first-order valence-corrected chi connectivity index (χ1v) is 6.23. The van der Waals surface area contributed by atoms with Gasteiger partial charge in [0.2, 0.25) is 0 Å². The monoisotopic (exact) mass is 245 g/mol. The van der Waals surface area contributed by atoms with E-state index in [2.05, 4.69) is 12.0 Å². The summed E-state index contributed by atoms with van der Waals surface area (Å²) in [6.07, 6.45) is 2.75. The summed E-state index contributed by atoms with van der Waals surface area (Å²) in [5.41, 5.74) is 8.96. The van der Waals surface area contributed by atoms with Crippen LogP contribution in [-0.2, 0) is 6.42 Å². The number of rotatable bonds is 5. The van der Waals surface area contributed by atoms with E-state index in [4.69, 9.17) is 10.5 Å². The molecule has 96 valence electrons. The van der Waals surface area contributed by atoms with Crippen molar-refractivity contribution >= 4 is 0 Å². The minimum atomic E-state index is 0.649. The molecule has 1 aromatic carbocycles. The van der Waals surface area contributed by atoms with E-state index in [9.17, 15) is 0 Å². The number of nitrogens with zero attached hydrogens (tertiary/aromatic N) is 2. The standard InChI is InChI=1S/C14H19N3O/c1-3-18-14-6-4-13(5-7-14)17-11(2)12(8-9-15)10-16-17/h4-7,10H,3,8-9,15H2,1-2H3. The van der Waals surface area contributed by atoms with Crippen molar-refractivity contribution in [3.63, 3.8) is 0 Å². The van der Waals surface area contributed by atoms with Crippen molar-refractivity contribution in [2.24, 2.45) is 5.73 Å². The molecule has 0 saturated carbocycles. The van der Waals surface area contributed by atoms with Gasteiger partial charge in [-0.05, 0) is 56.6 Å². The lowest BCUT2D eigenvalue weighted by Gasteiger charge is -2.07. The molecule has 2 aromatic rings. The van der Waals surface area contributed by atoms with Gasteiger partial charge in [-0.1, -0.05) is 0 Å². The molecule has 0 aliphatic heterocycles. The predicted octanol–water partition coefficient (Wildman–Crippen LogP) is 2.08. The van der Waals surface area contributed by atoms with Crippen LogP contribution < -0.4 is 10.5 Å². The number of nitrogens with two attached hydrogens (primary N) is 1. The smallest absolute Gasteiger partial charge is 0.119 e. The van der Waals surface area contributed by atoms with E-state index < -0.39 is 0 Å². The summed E-state index contributed by atoms with van der Waals surface area (Å²) in [4.78, 5) is 0. The van der Waals surface area contributed by atoms with Crippen LogP contribution in [0.1, 0.15) is 18.2 Å². The summed E-state index contributed by atoms with van der Waals surface area (Å²) in [5, 5.41) is 4.40. The summed E-state index contributed by atoms with van der Waals surface area (Å²) in [5.74, 6) is 0.883. The Balaban J connectivity index is 2.25. The molecule has 4 heteroatoms. The van der Waals surface area contributed by atoms with Crippen LogP contribution in [0.15, 0.2) is 30.5 Å². The molecule has 4 nitrogen and oxygen atoms in total. The topological polar surface area (TPSA) is 53.1 Å². The summed E-state index contributed by atoms with van der Waals surface area (Å²) in [6, 6.07) is 7.94. The second-order valence-electron chi connectivity index (χ2n) is 4.13. The number of aromatic nitrogens is 2. The Kier molecular flexibility index (Phi) is 3.99. The van der Waals surface area contributed by atoms with Crippen molar-refractivity contribution in [1.29, 1.82) is 0 Å². The maximum Gasteiger partial charge on any atom is 0.119 e. The fourth-order valence-corrected chi connectivity index (χ4v) is 1.95. The zero-order chi connectivity index (χ0) is 13.0. The third kappa shape index (κ3) is 2.54. The predicted molar refractivity (Wildman–Crippen MR) is 72.2 cm³/mol. The lowest BCUT2D eigenvalue weighted by Crippen LogP contribution is -2.04. The van der Waals surface area contributed by atoms with Gasteiger partial charge in [0, 0.05) is 5.69 Å². The Morgan fingerprint density at radius 1 is 1.28 bits per heavy atom. The largest absolute Gasteiger partial charge is 0.494 e. The van der Waals surface area contributed by atoms with Gasteiger partial charge in [0.25, 0.3) is 0 Å². The van der Waals surface area contributed by atoms with Crippen molar-refractivity contribution in [1.82, 2.24) is 9.78 Å². The molecule has 0 spiro atoms. The van der Waals surface area contributed by atoms with Gasteiger partial charge in [-0.15, -0.1) is 0 Å². The van der Waals surface area contributed by atoms with Crippen LogP contribution >= 0.6 is 0 Å². The Labute approximate surface area is 107 Å². The maximum atomic E-state index is 5.58. The molecule has 0 unspecified atom stereocenters. The van der Waals surface area contributed by atoms with E-state index >= 15 is 0 Å². The second-order valence-corrected chi connectivity index (χ2v) is 4.13. The van der Waals surface area contributed by atoms with Gasteiger partial charge in [0.05, 0.1) is 18.5 Å². The normalized spacial score (nSPS) is 10.6. The van der Waals surface area contributed by atoms with E-state index in [1.165, 1.54) is 5.56 Å². The van der Waals surface area contributed by atoms with Gasteiger partial charge in [0.1, 0.15) is 5.75 Å². The first-order chi connectivity index (χ1) is 8.76. The van der Waals surface area contributed by atoms with E-state index in [0.717, 1.165) is 23.6 Å². The second kappa shape index (κ2) is 5.69. The molecule has 2 N–H and O–H groups in total. The average Bonchev–Trinajstić information content (AvgIpc) is 2.73. The SMILES string of the molecule is CCOc1ccc(-n2ncc(CCN)c2C)cc1.